The summed E-state index contributed by atoms with van der Waals surface area (Å²) in [6.45, 7) is 2.85. The summed E-state index contributed by atoms with van der Waals surface area (Å²) < 4.78 is 22.9. The zero-order valence-corrected chi connectivity index (χ0v) is 62.9. The van der Waals surface area contributed by atoms with Crippen molar-refractivity contribution in [2.24, 2.45) is 0 Å². The summed E-state index contributed by atoms with van der Waals surface area (Å²) in [5.41, 5.74) is 0. The van der Waals surface area contributed by atoms with Gasteiger partial charge in [-0.25, -0.2) is 0 Å². The summed E-state index contributed by atoms with van der Waals surface area (Å²) >= 11 is 0. The lowest BCUT2D eigenvalue weighted by atomic mass is 9.97. The molecule has 0 spiro atoms. The van der Waals surface area contributed by atoms with Gasteiger partial charge in [0.05, 0.1) is 32.0 Å². The van der Waals surface area contributed by atoms with Crippen LogP contribution in [0.15, 0.2) is 36.5 Å². The van der Waals surface area contributed by atoms with E-state index in [-0.39, 0.29) is 18.9 Å². The van der Waals surface area contributed by atoms with Crippen molar-refractivity contribution in [1.82, 2.24) is 5.32 Å². The molecule has 0 aromatic heterocycles. The quantitative estimate of drug-likeness (QED) is 0.0204. The number of rotatable bonds is 71. The standard InChI is InChI=1S/C83H157NO13/c1-3-5-7-9-11-13-15-17-19-21-23-25-27-29-31-33-35-36-37-39-41-43-45-47-49-51-53-55-57-59-61-63-65-67-75(88)84-71(70-94-82-80(93)78(91)81(74(69-86)96-82)97-83-79(92)77(90)76(89)73(68-85)95-83)72(87)66-64-62-60-58-56-54-52-50-48-46-44-42-40-38-34-32-30-28-26-24-22-20-18-16-14-12-10-8-6-4-2/h48,50,56,58,64,66,71-74,76-83,85-87,89-93H,3-47,49,51-55,57,59-63,65,67-70H2,1-2H3,(H,84,88)/b50-48+,58-56+,66-64+. The van der Waals surface area contributed by atoms with Crippen LogP contribution >= 0.6 is 0 Å². The van der Waals surface area contributed by atoms with Gasteiger partial charge in [0, 0.05) is 6.42 Å². The van der Waals surface area contributed by atoms with E-state index in [1.54, 1.807) is 6.08 Å². The topological polar surface area (TPSA) is 228 Å². The zero-order valence-electron chi connectivity index (χ0n) is 62.9. The Morgan fingerprint density at radius 1 is 0.361 bits per heavy atom. The molecule has 1 amide bonds. The Kier molecular flexibility index (Phi) is 63.4. The third-order valence-electron chi connectivity index (χ3n) is 20.6. The van der Waals surface area contributed by atoms with Crippen molar-refractivity contribution in [1.29, 1.82) is 0 Å². The average molecular weight is 1380 g/mol. The van der Waals surface area contributed by atoms with Crippen LogP contribution in [0.5, 0.6) is 0 Å². The molecule has 2 saturated heterocycles. The smallest absolute Gasteiger partial charge is 0.220 e. The van der Waals surface area contributed by atoms with Gasteiger partial charge in [0.2, 0.25) is 5.91 Å². The molecule has 2 aliphatic heterocycles. The second-order valence-corrected chi connectivity index (χ2v) is 29.6. The molecule has 0 radical (unpaired) electrons. The third-order valence-corrected chi connectivity index (χ3v) is 20.6. The van der Waals surface area contributed by atoms with E-state index in [4.69, 9.17) is 18.9 Å². The number of ether oxygens (including phenoxy) is 4. The van der Waals surface area contributed by atoms with Gasteiger partial charge < -0.3 is 65.1 Å². The molecule has 0 bridgehead atoms. The Bertz CT molecular complexity index is 1770. The number of carbonyl (C=O) groups is 1. The summed E-state index contributed by atoms with van der Waals surface area (Å²) in [7, 11) is 0. The van der Waals surface area contributed by atoms with E-state index in [0.29, 0.717) is 12.8 Å². The lowest BCUT2D eigenvalue weighted by Gasteiger charge is -2.46. The maximum atomic E-state index is 13.4. The van der Waals surface area contributed by atoms with Crippen LogP contribution in [0.1, 0.15) is 393 Å². The molecule has 14 nitrogen and oxygen atoms in total. The Morgan fingerprint density at radius 2 is 0.660 bits per heavy atom. The second kappa shape index (κ2) is 67.4. The highest BCUT2D eigenvalue weighted by molar-refractivity contribution is 5.76. The van der Waals surface area contributed by atoms with E-state index in [2.05, 4.69) is 43.5 Å². The molecule has 0 aliphatic carbocycles. The van der Waals surface area contributed by atoms with Crippen LogP contribution in [-0.2, 0) is 23.7 Å². The summed E-state index contributed by atoms with van der Waals surface area (Å²) in [5.74, 6) is -0.245. The minimum atomic E-state index is -1.79. The average Bonchev–Trinajstić information content (AvgIpc) is 0.793. The van der Waals surface area contributed by atoms with E-state index in [1.807, 2.05) is 6.08 Å². The number of unbranched alkanes of at least 4 members (excludes halogenated alkanes) is 54. The molecule has 14 heteroatoms. The lowest BCUT2D eigenvalue weighted by molar-refractivity contribution is -0.359. The predicted molar refractivity (Wildman–Crippen MR) is 401 cm³/mol. The summed E-state index contributed by atoms with van der Waals surface area (Å²) in [6.07, 6.45) is 72.5. The molecule has 12 atom stereocenters. The molecule has 2 fully saturated rings. The maximum Gasteiger partial charge on any atom is 0.220 e. The monoisotopic (exact) mass is 1380 g/mol. The fraction of sp³-hybridized carbons (Fsp3) is 0.916. The predicted octanol–water partition coefficient (Wildman–Crippen LogP) is 19.2. The SMILES string of the molecule is CCCCCCCCCCCCCCCCCCCCCC/C=C/CC/C=C/CC/C=C/C(O)C(COC1OC(CO)C(OC2OC(CO)C(O)C(O)C2O)C(O)C1O)NC(=O)CCCCCCCCCCCCCCCCCCCCCCCCCCCCCCCCCCC. The highest BCUT2D eigenvalue weighted by Gasteiger charge is 2.51. The minimum absolute atomic E-state index is 0.245. The molecule has 0 aromatic carbocycles. The van der Waals surface area contributed by atoms with Crippen LogP contribution < -0.4 is 5.32 Å². The van der Waals surface area contributed by atoms with Crippen molar-refractivity contribution in [3.8, 4) is 0 Å². The van der Waals surface area contributed by atoms with Crippen LogP contribution in [0.4, 0.5) is 0 Å². The summed E-state index contributed by atoms with van der Waals surface area (Å²) in [4.78, 5) is 13.4. The van der Waals surface area contributed by atoms with E-state index in [1.165, 1.54) is 315 Å². The highest BCUT2D eigenvalue weighted by atomic mass is 16.7. The van der Waals surface area contributed by atoms with Gasteiger partial charge in [0.15, 0.2) is 12.6 Å². The van der Waals surface area contributed by atoms with E-state index < -0.39 is 86.8 Å². The summed E-state index contributed by atoms with van der Waals surface area (Å²) in [6, 6.07) is -0.938. The zero-order chi connectivity index (χ0) is 70.1. The Morgan fingerprint density at radius 3 is 1.01 bits per heavy atom. The lowest BCUT2D eigenvalue weighted by Crippen LogP contribution is -2.65. The normalized spacial score (nSPS) is 22.2. The Hall–Kier alpha value is -1.79. The van der Waals surface area contributed by atoms with E-state index in [0.717, 1.165) is 44.9 Å². The van der Waals surface area contributed by atoms with Crippen molar-refractivity contribution in [3.63, 3.8) is 0 Å². The fourth-order valence-corrected chi connectivity index (χ4v) is 14.0. The Balaban J connectivity index is 1.62. The van der Waals surface area contributed by atoms with Gasteiger partial charge in [-0.15, -0.1) is 0 Å². The number of amides is 1. The minimum Gasteiger partial charge on any atom is -0.394 e. The highest BCUT2D eigenvalue weighted by Crippen LogP contribution is 2.30. The first-order valence-corrected chi connectivity index (χ1v) is 41.7. The molecule has 572 valence electrons. The number of aliphatic hydroxyl groups excluding tert-OH is 8. The number of aliphatic hydroxyl groups is 8. The van der Waals surface area contributed by atoms with Crippen LogP contribution in [0, 0.1) is 0 Å². The Labute approximate surface area is 595 Å². The van der Waals surface area contributed by atoms with Gasteiger partial charge in [-0.1, -0.05) is 378 Å². The van der Waals surface area contributed by atoms with E-state index >= 15 is 0 Å². The second-order valence-electron chi connectivity index (χ2n) is 29.6. The molecular weight excluding hydrogens is 1220 g/mol. The van der Waals surface area contributed by atoms with Crippen LogP contribution in [0.2, 0.25) is 0 Å². The molecule has 0 saturated carbocycles. The number of hydrogen-bond donors (Lipinski definition) is 9. The van der Waals surface area contributed by atoms with Crippen LogP contribution in [0.25, 0.3) is 0 Å². The van der Waals surface area contributed by atoms with Crippen LogP contribution in [-0.4, -0.2) is 140 Å². The number of hydrogen-bond acceptors (Lipinski definition) is 13. The summed E-state index contributed by atoms with van der Waals surface area (Å²) in [5, 5.41) is 87.7. The van der Waals surface area contributed by atoms with Crippen molar-refractivity contribution in [2.45, 2.75) is 466 Å². The van der Waals surface area contributed by atoms with Gasteiger partial charge in [-0.3, -0.25) is 4.79 Å². The first kappa shape index (κ1) is 91.3. The largest absolute Gasteiger partial charge is 0.394 e. The third kappa shape index (κ3) is 50.3. The van der Waals surface area contributed by atoms with Crippen molar-refractivity contribution in [3.05, 3.63) is 36.5 Å². The molecular formula is C83H157NO13. The van der Waals surface area contributed by atoms with Crippen molar-refractivity contribution >= 4 is 5.91 Å². The number of allylic oxidation sites excluding steroid dienone is 5. The maximum absolute atomic E-state index is 13.4. The molecule has 9 N–H and O–H groups in total. The first-order valence-electron chi connectivity index (χ1n) is 41.7. The van der Waals surface area contributed by atoms with Crippen molar-refractivity contribution in [2.75, 3.05) is 19.8 Å². The molecule has 2 heterocycles. The van der Waals surface area contributed by atoms with Crippen LogP contribution in [0.3, 0.4) is 0 Å². The van der Waals surface area contributed by atoms with Gasteiger partial charge in [0.25, 0.3) is 0 Å². The molecule has 97 heavy (non-hydrogen) atoms. The van der Waals surface area contributed by atoms with Gasteiger partial charge >= 0.3 is 0 Å². The fourth-order valence-electron chi connectivity index (χ4n) is 14.0. The molecule has 12 unspecified atom stereocenters. The molecule has 2 aliphatic rings. The van der Waals surface area contributed by atoms with Crippen molar-refractivity contribution < 1.29 is 64.6 Å². The molecule has 2 rings (SSSR count). The van der Waals surface area contributed by atoms with Gasteiger partial charge in [0.1, 0.15) is 48.8 Å². The molecule has 0 aromatic rings. The number of carbonyl (C=O) groups excluding carboxylic acids is 1. The van der Waals surface area contributed by atoms with E-state index in [9.17, 15) is 45.6 Å². The van der Waals surface area contributed by atoms with Gasteiger partial charge in [-0.05, 0) is 44.9 Å². The first-order chi connectivity index (χ1) is 47.6. The van der Waals surface area contributed by atoms with Gasteiger partial charge in [-0.2, -0.15) is 0 Å². The number of nitrogens with one attached hydrogen (secondary N) is 1.